The van der Waals surface area contributed by atoms with E-state index in [4.69, 9.17) is 29.3 Å². The van der Waals surface area contributed by atoms with E-state index in [0.717, 1.165) is 98.4 Å². The summed E-state index contributed by atoms with van der Waals surface area (Å²) in [5, 5.41) is 5.98. The van der Waals surface area contributed by atoms with Crippen LogP contribution in [0.2, 0.25) is 25.7 Å². The van der Waals surface area contributed by atoms with Gasteiger partial charge in [0.2, 0.25) is 0 Å². The second-order valence-electron chi connectivity index (χ2n) is 17.8. The Balaban J connectivity index is 1.13. The summed E-state index contributed by atoms with van der Waals surface area (Å²) in [4.78, 5) is 29.1. The number of ether oxygens (including phenoxy) is 3. The normalized spacial score (nSPS) is 19.9. The zero-order valence-electron chi connectivity index (χ0n) is 31.9. The summed E-state index contributed by atoms with van der Waals surface area (Å²) in [6.07, 6.45) is 5.81. The van der Waals surface area contributed by atoms with Crippen LogP contribution in [-0.4, -0.2) is 106 Å². The number of hydrogen-bond acceptors (Lipinski definition) is 9. The Morgan fingerprint density at radius 2 is 1.74 bits per heavy atom. The molecule has 1 aromatic carbocycles. The summed E-state index contributed by atoms with van der Waals surface area (Å²) in [5.74, 6) is 2.40. The van der Waals surface area contributed by atoms with Crippen molar-refractivity contribution in [1.82, 2.24) is 29.5 Å². The summed E-state index contributed by atoms with van der Waals surface area (Å²) in [7, 11) is -1.21. The van der Waals surface area contributed by atoms with Crippen LogP contribution in [0.25, 0.3) is 22.3 Å². The molecule has 0 unspecified atom stereocenters. The molecule has 274 valence electrons. The molecule has 0 spiro atoms. The minimum absolute atomic E-state index is 0.0673. The van der Waals surface area contributed by atoms with Gasteiger partial charge in [-0.2, -0.15) is 5.10 Å². The van der Waals surface area contributed by atoms with Gasteiger partial charge in [-0.15, -0.1) is 0 Å². The standard InChI is InChI=1S/C38H59N7O4Si/c1-36(2,3)49-35(46)43-18-19-44(37(4,5)25-43)24-28-12-16-42(17-13-28)33-23-32(39-26-40-33)34-30-22-29(48-38(6)14-15-38)10-11-31(30)41-45(34)27-47-20-21-50(7,8)9/h10-11,22-23,26,28H,12-21,24-25,27H2,1-9H3. The van der Waals surface area contributed by atoms with Crippen molar-refractivity contribution in [2.45, 2.75) is 116 Å². The minimum atomic E-state index is -1.21. The Bertz CT molecular complexity index is 1650. The maximum atomic E-state index is 12.8. The largest absolute Gasteiger partial charge is 0.488 e. The number of aromatic nitrogens is 4. The molecule has 0 atom stereocenters. The molecular weight excluding hydrogens is 647 g/mol. The first-order valence-electron chi connectivity index (χ1n) is 18.5. The number of hydrogen-bond donors (Lipinski definition) is 0. The molecule has 50 heavy (non-hydrogen) atoms. The number of piperidine rings is 1. The molecule has 2 saturated heterocycles. The van der Waals surface area contributed by atoms with Crippen LogP contribution in [0.3, 0.4) is 0 Å². The van der Waals surface area contributed by atoms with Crippen molar-refractivity contribution in [2.75, 3.05) is 50.8 Å². The van der Waals surface area contributed by atoms with Crippen LogP contribution < -0.4 is 9.64 Å². The minimum Gasteiger partial charge on any atom is -0.488 e. The lowest BCUT2D eigenvalue weighted by Gasteiger charge is -2.48. The van der Waals surface area contributed by atoms with Crippen LogP contribution in [0, 0.1) is 5.92 Å². The lowest BCUT2D eigenvalue weighted by Crippen LogP contribution is -2.61. The first kappa shape index (κ1) is 36.6. The summed E-state index contributed by atoms with van der Waals surface area (Å²) >= 11 is 0. The highest BCUT2D eigenvalue weighted by atomic mass is 28.3. The van der Waals surface area contributed by atoms with Crippen molar-refractivity contribution in [3.63, 3.8) is 0 Å². The molecule has 2 aromatic heterocycles. The van der Waals surface area contributed by atoms with Crippen molar-refractivity contribution in [3.05, 3.63) is 30.6 Å². The Labute approximate surface area is 299 Å². The van der Waals surface area contributed by atoms with Crippen molar-refractivity contribution < 1.29 is 19.0 Å². The molecule has 1 amide bonds. The summed E-state index contributed by atoms with van der Waals surface area (Å²) in [6.45, 7) is 25.8. The molecule has 3 aliphatic rings. The first-order valence-corrected chi connectivity index (χ1v) is 22.3. The summed E-state index contributed by atoms with van der Waals surface area (Å²) < 4.78 is 20.2. The molecule has 4 heterocycles. The number of anilines is 1. The summed E-state index contributed by atoms with van der Waals surface area (Å²) in [5.41, 5.74) is 2.01. The number of carbonyl (C=O) groups excluding carboxylic acids is 1. The maximum absolute atomic E-state index is 12.8. The lowest BCUT2D eigenvalue weighted by atomic mass is 9.92. The Hall–Kier alpha value is -3.22. The number of rotatable bonds is 11. The van der Waals surface area contributed by atoms with Crippen LogP contribution in [0.5, 0.6) is 5.75 Å². The van der Waals surface area contributed by atoms with Gasteiger partial charge >= 0.3 is 6.09 Å². The molecule has 1 aliphatic carbocycles. The fourth-order valence-corrected chi connectivity index (χ4v) is 7.70. The number of amides is 1. The quantitative estimate of drug-likeness (QED) is 0.151. The third-order valence-electron chi connectivity index (χ3n) is 10.3. The Morgan fingerprint density at radius 3 is 2.40 bits per heavy atom. The zero-order valence-corrected chi connectivity index (χ0v) is 32.9. The van der Waals surface area contributed by atoms with Crippen LogP contribution in [-0.2, 0) is 16.2 Å². The van der Waals surface area contributed by atoms with E-state index in [1.54, 1.807) is 6.33 Å². The molecule has 6 rings (SSSR count). The van der Waals surface area contributed by atoms with Gasteiger partial charge in [-0.1, -0.05) is 19.6 Å². The molecule has 12 heteroatoms. The van der Waals surface area contributed by atoms with E-state index >= 15 is 0 Å². The Kier molecular flexibility index (Phi) is 10.3. The lowest BCUT2D eigenvalue weighted by molar-refractivity contribution is -0.0204. The van der Waals surface area contributed by atoms with Crippen molar-refractivity contribution in [1.29, 1.82) is 0 Å². The van der Waals surface area contributed by atoms with Crippen LogP contribution >= 0.6 is 0 Å². The third kappa shape index (κ3) is 9.16. The van der Waals surface area contributed by atoms with Gasteiger partial charge in [0.05, 0.1) is 16.9 Å². The molecule has 3 fully saturated rings. The monoisotopic (exact) mass is 705 g/mol. The molecule has 0 N–H and O–H groups in total. The number of piperazine rings is 1. The van der Waals surface area contributed by atoms with Crippen molar-refractivity contribution >= 4 is 30.9 Å². The smallest absolute Gasteiger partial charge is 0.410 e. The highest BCUT2D eigenvalue weighted by Gasteiger charge is 2.40. The van der Waals surface area contributed by atoms with E-state index in [1.807, 2.05) is 42.5 Å². The molecule has 2 aliphatic heterocycles. The number of nitrogens with zero attached hydrogens (tertiary/aromatic N) is 7. The van der Waals surface area contributed by atoms with Gasteiger partial charge in [-0.3, -0.25) is 4.90 Å². The van der Waals surface area contributed by atoms with E-state index in [2.05, 4.69) is 62.3 Å². The van der Waals surface area contributed by atoms with Gasteiger partial charge in [-0.25, -0.2) is 19.4 Å². The van der Waals surface area contributed by atoms with Crippen LogP contribution in [0.1, 0.15) is 67.2 Å². The fraction of sp³-hybridized carbons (Fsp3) is 0.684. The molecule has 11 nitrogen and oxygen atoms in total. The zero-order chi connectivity index (χ0) is 35.9. The SMILES string of the molecule is CC(C)(C)OC(=O)N1CCN(CC2CCN(c3cc(-c4c5cc(OC6(C)CC6)ccc5nn4COCC[Si](C)(C)C)ncn3)CC2)C(C)(C)C1. The molecular formula is C38H59N7O4Si. The first-order chi connectivity index (χ1) is 23.5. The van der Waals surface area contributed by atoms with Crippen molar-refractivity contribution in [3.8, 4) is 17.1 Å². The second-order valence-corrected chi connectivity index (χ2v) is 23.4. The van der Waals surface area contributed by atoms with Gasteiger partial charge in [0.15, 0.2) is 0 Å². The molecule has 0 radical (unpaired) electrons. The average molecular weight is 706 g/mol. The van der Waals surface area contributed by atoms with Crippen LogP contribution in [0.4, 0.5) is 10.6 Å². The highest BCUT2D eigenvalue weighted by Crippen LogP contribution is 2.41. The topological polar surface area (TPSA) is 98.1 Å². The molecule has 0 bridgehead atoms. The maximum Gasteiger partial charge on any atom is 0.410 e. The highest BCUT2D eigenvalue weighted by molar-refractivity contribution is 6.76. The number of carbonyl (C=O) groups is 1. The van der Waals surface area contributed by atoms with Gasteiger partial charge in [0.1, 0.15) is 35.8 Å². The van der Waals surface area contributed by atoms with E-state index in [-0.39, 0.29) is 17.2 Å². The van der Waals surface area contributed by atoms with Crippen LogP contribution in [0.15, 0.2) is 30.6 Å². The predicted octanol–water partition coefficient (Wildman–Crippen LogP) is 7.28. The van der Waals surface area contributed by atoms with E-state index in [1.165, 1.54) is 0 Å². The predicted molar refractivity (Wildman–Crippen MR) is 202 cm³/mol. The second kappa shape index (κ2) is 14.1. The van der Waals surface area contributed by atoms with Gasteiger partial charge in [-0.05, 0) is 97.4 Å². The number of fused-ring (bicyclic) bond motifs is 1. The fourth-order valence-electron chi connectivity index (χ4n) is 6.95. The molecule has 1 saturated carbocycles. The van der Waals surface area contributed by atoms with Gasteiger partial charge in [0.25, 0.3) is 0 Å². The summed E-state index contributed by atoms with van der Waals surface area (Å²) in [6, 6.07) is 9.40. The average Bonchev–Trinajstić information content (AvgIpc) is 3.64. The van der Waals surface area contributed by atoms with Gasteiger partial charge in [0, 0.05) is 70.9 Å². The van der Waals surface area contributed by atoms with E-state index < -0.39 is 13.7 Å². The van der Waals surface area contributed by atoms with E-state index in [9.17, 15) is 4.79 Å². The van der Waals surface area contributed by atoms with Crippen molar-refractivity contribution in [2.24, 2.45) is 5.92 Å². The number of benzene rings is 1. The van der Waals surface area contributed by atoms with E-state index in [0.29, 0.717) is 25.7 Å². The van der Waals surface area contributed by atoms with Gasteiger partial charge < -0.3 is 24.0 Å². The third-order valence-corrected chi connectivity index (χ3v) is 12.0. The molecule has 3 aromatic rings. The Morgan fingerprint density at radius 1 is 1.00 bits per heavy atom.